The zero-order valence-electron chi connectivity index (χ0n) is 14.5. The topological polar surface area (TPSA) is 87.3 Å². The Morgan fingerprint density at radius 2 is 1.40 bits per heavy atom. The number of sulfonamides is 1. The maximum atomic E-state index is 12.4. The normalized spacial score (nSPS) is 19.7. The van der Waals surface area contributed by atoms with Crippen LogP contribution in [0.5, 0.6) is 0 Å². The number of urea groups is 1. The van der Waals surface area contributed by atoms with Gasteiger partial charge in [-0.2, -0.15) is 0 Å². The van der Waals surface area contributed by atoms with Gasteiger partial charge in [-0.25, -0.2) is 17.9 Å². The van der Waals surface area contributed by atoms with Gasteiger partial charge < -0.3 is 10.6 Å². The molecular weight excluding hydrogens is 338 g/mol. The number of carbonyl (C=O) groups excluding carboxylic acids is 1. The van der Waals surface area contributed by atoms with Crippen molar-refractivity contribution in [3.05, 3.63) is 24.3 Å². The van der Waals surface area contributed by atoms with Crippen LogP contribution in [-0.2, 0) is 10.0 Å². The molecule has 25 heavy (non-hydrogen) atoms. The third kappa shape index (κ3) is 5.19. The van der Waals surface area contributed by atoms with E-state index in [0.29, 0.717) is 5.69 Å². The molecule has 3 rings (SSSR count). The van der Waals surface area contributed by atoms with Gasteiger partial charge in [0, 0.05) is 17.8 Å². The van der Waals surface area contributed by atoms with E-state index in [1.807, 2.05) is 0 Å². The molecule has 0 heterocycles. The molecule has 0 unspecified atom stereocenters. The summed E-state index contributed by atoms with van der Waals surface area (Å²) >= 11 is 0. The van der Waals surface area contributed by atoms with Crippen molar-refractivity contribution in [1.29, 1.82) is 0 Å². The molecule has 0 aromatic heterocycles. The molecule has 1 aromatic carbocycles. The summed E-state index contributed by atoms with van der Waals surface area (Å²) in [6.45, 7) is 0. The van der Waals surface area contributed by atoms with Gasteiger partial charge in [0.2, 0.25) is 10.0 Å². The molecule has 0 aliphatic heterocycles. The highest BCUT2D eigenvalue weighted by molar-refractivity contribution is 7.89. The minimum atomic E-state index is -3.49. The fraction of sp³-hybridized carbons (Fsp3) is 0.611. The first-order valence-corrected chi connectivity index (χ1v) is 10.7. The zero-order chi connectivity index (χ0) is 17.7. The van der Waals surface area contributed by atoms with Crippen LogP contribution in [0.3, 0.4) is 0 Å². The molecule has 2 saturated carbocycles. The Kier molecular flexibility index (Phi) is 5.96. The predicted molar refractivity (Wildman–Crippen MR) is 98.0 cm³/mol. The van der Waals surface area contributed by atoms with E-state index in [1.165, 1.54) is 18.6 Å². The van der Waals surface area contributed by atoms with Crippen molar-refractivity contribution in [3.63, 3.8) is 0 Å². The van der Waals surface area contributed by atoms with Gasteiger partial charge in [-0.15, -0.1) is 0 Å². The summed E-state index contributed by atoms with van der Waals surface area (Å²) in [6.07, 6.45) is 9.56. The molecule has 7 heteroatoms. The van der Waals surface area contributed by atoms with Crippen molar-refractivity contribution < 1.29 is 13.2 Å². The van der Waals surface area contributed by atoms with Crippen molar-refractivity contribution >= 4 is 21.7 Å². The predicted octanol–water partition coefficient (Wildman–Crippen LogP) is 3.36. The molecule has 0 atom stereocenters. The van der Waals surface area contributed by atoms with Gasteiger partial charge in [0.1, 0.15) is 0 Å². The molecule has 2 aliphatic rings. The van der Waals surface area contributed by atoms with Gasteiger partial charge in [-0.05, 0) is 49.9 Å². The number of anilines is 1. The maximum absolute atomic E-state index is 12.4. The lowest BCUT2D eigenvalue weighted by molar-refractivity contribution is 0.244. The summed E-state index contributed by atoms with van der Waals surface area (Å²) in [5.41, 5.74) is 0.591. The van der Waals surface area contributed by atoms with Gasteiger partial charge in [0.05, 0.1) is 4.90 Å². The Bertz CT molecular complexity index is 676. The Hall–Kier alpha value is -1.60. The van der Waals surface area contributed by atoms with Crippen molar-refractivity contribution in [2.24, 2.45) is 0 Å². The highest BCUT2D eigenvalue weighted by Gasteiger charge is 2.23. The number of carbonyl (C=O) groups is 1. The molecule has 0 saturated heterocycles. The summed E-state index contributed by atoms with van der Waals surface area (Å²) in [7, 11) is -3.49. The summed E-state index contributed by atoms with van der Waals surface area (Å²) in [6, 6.07) is 6.38. The van der Waals surface area contributed by atoms with Crippen molar-refractivity contribution in [2.45, 2.75) is 74.8 Å². The van der Waals surface area contributed by atoms with Crippen LogP contribution in [0.25, 0.3) is 0 Å². The van der Waals surface area contributed by atoms with E-state index in [-0.39, 0.29) is 23.0 Å². The van der Waals surface area contributed by atoms with E-state index in [4.69, 9.17) is 0 Å². The zero-order valence-corrected chi connectivity index (χ0v) is 15.3. The monoisotopic (exact) mass is 365 g/mol. The van der Waals surface area contributed by atoms with Gasteiger partial charge in [-0.1, -0.05) is 32.1 Å². The summed E-state index contributed by atoms with van der Waals surface area (Å²) < 4.78 is 27.5. The highest BCUT2D eigenvalue weighted by Crippen LogP contribution is 2.21. The van der Waals surface area contributed by atoms with E-state index in [2.05, 4.69) is 15.4 Å². The minimum Gasteiger partial charge on any atom is -0.335 e. The molecular formula is C18H27N3O3S. The molecule has 2 fully saturated rings. The second kappa shape index (κ2) is 8.19. The largest absolute Gasteiger partial charge is 0.335 e. The first kappa shape index (κ1) is 18.2. The quantitative estimate of drug-likeness (QED) is 0.748. The van der Waals surface area contributed by atoms with Crippen LogP contribution in [0.4, 0.5) is 10.5 Å². The summed E-state index contributed by atoms with van der Waals surface area (Å²) in [5, 5.41) is 5.76. The molecule has 138 valence electrons. The summed E-state index contributed by atoms with van der Waals surface area (Å²) in [5.74, 6) is 0. The first-order chi connectivity index (χ1) is 12.0. The van der Waals surface area contributed by atoms with Gasteiger partial charge in [-0.3, -0.25) is 0 Å². The third-order valence-corrected chi connectivity index (χ3v) is 6.58. The first-order valence-electron chi connectivity index (χ1n) is 9.23. The van der Waals surface area contributed by atoms with Crippen LogP contribution in [0.15, 0.2) is 29.2 Å². The number of amides is 2. The average molecular weight is 365 g/mol. The van der Waals surface area contributed by atoms with E-state index in [1.54, 1.807) is 12.1 Å². The lowest BCUT2D eigenvalue weighted by Gasteiger charge is -2.22. The Morgan fingerprint density at radius 1 is 0.840 bits per heavy atom. The number of hydrogen-bond donors (Lipinski definition) is 3. The average Bonchev–Trinajstić information content (AvgIpc) is 3.08. The van der Waals surface area contributed by atoms with Gasteiger partial charge >= 0.3 is 6.03 Å². The smallest absolute Gasteiger partial charge is 0.319 e. The Labute approximate surface area is 149 Å². The lowest BCUT2D eigenvalue weighted by atomic mass is 9.96. The van der Waals surface area contributed by atoms with E-state index in [0.717, 1.165) is 51.4 Å². The maximum Gasteiger partial charge on any atom is 0.319 e. The number of benzene rings is 1. The Balaban J connectivity index is 1.54. The van der Waals surface area contributed by atoms with E-state index >= 15 is 0 Å². The SMILES string of the molecule is O=C(Nc1ccc(S(=O)(=O)NC2CCCC2)cc1)NC1CCCCC1. The fourth-order valence-corrected chi connectivity index (χ4v) is 4.95. The van der Waals surface area contributed by atoms with Crippen LogP contribution in [0.2, 0.25) is 0 Å². The fourth-order valence-electron chi connectivity index (χ4n) is 3.65. The molecule has 0 radical (unpaired) electrons. The lowest BCUT2D eigenvalue weighted by Crippen LogP contribution is -2.39. The second-order valence-electron chi connectivity index (χ2n) is 7.06. The molecule has 2 amide bonds. The minimum absolute atomic E-state index is 0.0454. The molecule has 0 spiro atoms. The van der Waals surface area contributed by atoms with Crippen LogP contribution in [0.1, 0.15) is 57.8 Å². The third-order valence-electron chi connectivity index (χ3n) is 5.04. The van der Waals surface area contributed by atoms with Gasteiger partial charge in [0.15, 0.2) is 0 Å². The van der Waals surface area contributed by atoms with Gasteiger partial charge in [0.25, 0.3) is 0 Å². The molecule has 0 bridgehead atoms. The van der Waals surface area contributed by atoms with E-state index < -0.39 is 10.0 Å². The van der Waals surface area contributed by atoms with Crippen LogP contribution in [-0.4, -0.2) is 26.5 Å². The Morgan fingerprint density at radius 3 is 2.04 bits per heavy atom. The van der Waals surface area contributed by atoms with Crippen LogP contribution >= 0.6 is 0 Å². The van der Waals surface area contributed by atoms with Crippen molar-refractivity contribution in [2.75, 3.05) is 5.32 Å². The van der Waals surface area contributed by atoms with Crippen molar-refractivity contribution in [1.82, 2.24) is 10.0 Å². The second-order valence-corrected chi connectivity index (χ2v) is 8.77. The molecule has 3 N–H and O–H groups in total. The standard InChI is InChI=1S/C18H27N3O3S/c22-18(19-14-6-2-1-3-7-14)20-15-10-12-17(13-11-15)25(23,24)21-16-8-4-5-9-16/h10-14,16,21H,1-9H2,(H2,19,20,22). The number of rotatable bonds is 5. The molecule has 2 aliphatic carbocycles. The number of hydrogen-bond acceptors (Lipinski definition) is 3. The van der Waals surface area contributed by atoms with Crippen molar-refractivity contribution in [3.8, 4) is 0 Å². The van der Waals surface area contributed by atoms with Crippen LogP contribution < -0.4 is 15.4 Å². The molecule has 1 aromatic rings. The summed E-state index contributed by atoms with van der Waals surface area (Å²) in [4.78, 5) is 12.3. The highest BCUT2D eigenvalue weighted by atomic mass is 32.2. The number of nitrogens with one attached hydrogen (secondary N) is 3. The van der Waals surface area contributed by atoms with Crippen LogP contribution in [0, 0.1) is 0 Å². The van der Waals surface area contributed by atoms with E-state index in [9.17, 15) is 13.2 Å². The molecule has 6 nitrogen and oxygen atoms in total.